The van der Waals surface area contributed by atoms with E-state index in [1.165, 1.54) is 17.3 Å². The number of benzene rings is 2. The largest absolute Gasteiger partial charge is 0.325 e. The van der Waals surface area contributed by atoms with Crippen molar-refractivity contribution in [3.63, 3.8) is 0 Å². The number of amides is 1. The summed E-state index contributed by atoms with van der Waals surface area (Å²) < 4.78 is 0. The second-order valence-corrected chi connectivity index (χ2v) is 7.26. The van der Waals surface area contributed by atoms with Crippen LogP contribution in [0.3, 0.4) is 0 Å². The summed E-state index contributed by atoms with van der Waals surface area (Å²) in [6.45, 7) is 5.90. The van der Waals surface area contributed by atoms with Gasteiger partial charge in [-0.15, -0.1) is 5.10 Å². The fourth-order valence-corrected chi connectivity index (χ4v) is 2.96. The molecule has 0 unspecified atom stereocenters. The first-order chi connectivity index (χ1) is 12.0. The van der Waals surface area contributed by atoms with Gasteiger partial charge in [0.05, 0.1) is 5.25 Å². The maximum atomic E-state index is 12.3. The minimum atomic E-state index is -0.303. The lowest BCUT2D eigenvalue weighted by Gasteiger charge is -2.10. The Kier molecular flexibility index (Phi) is 5.19. The van der Waals surface area contributed by atoms with E-state index < -0.39 is 0 Å². The number of thioether (sulfide) groups is 1. The average molecular weight is 352 g/mol. The van der Waals surface area contributed by atoms with Crippen LogP contribution in [0.5, 0.6) is 0 Å². The van der Waals surface area contributed by atoms with Crippen LogP contribution in [0.25, 0.3) is 11.4 Å². The number of rotatable bonds is 5. The van der Waals surface area contributed by atoms with Crippen LogP contribution >= 0.6 is 11.8 Å². The van der Waals surface area contributed by atoms with E-state index in [0.717, 1.165) is 16.8 Å². The highest BCUT2D eigenvalue weighted by Gasteiger charge is 2.17. The molecular weight excluding hydrogens is 332 g/mol. The molecule has 0 saturated heterocycles. The second kappa shape index (κ2) is 7.53. The number of aromatic nitrogens is 3. The summed E-state index contributed by atoms with van der Waals surface area (Å²) in [6.07, 6.45) is 0. The molecule has 0 radical (unpaired) electrons. The van der Waals surface area contributed by atoms with E-state index in [2.05, 4.69) is 20.5 Å². The zero-order chi connectivity index (χ0) is 17.8. The van der Waals surface area contributed by atoms with Crippen LogP contribution in [0.15, 0.2) is 53.7 Å². The van der Waals surface area contributed by atoms with E-state index in [-0.39, 0.29) is 11.2 Å². The Morgan fingerprint density at radius 3 is 2.28 bits per heavy atom. The molecule has 0 saturated carbocycles. The van der Waals surface area contributed by atoms with E-state index in [9.17, 15) is 4.79 Å². The van der Waals surface area contributed by atoms with E-state index in [1.54, 1.807) is 0 Å². The summed E-state index contributed by atoms with van der Waals surface area (Å²) in [6, 6.07) is 15.8. The van der Waals surface area contributed by atoms with Gasteiger partial charge in [0.25, 0.3) is 0 Å². The molecule has 3 rings (SSSR count). The first kappa shape index (κ1) is 17.2. The fraction of sp³-hybridized carbons (Fsp3) is 0.211. The van der Waals surface area contributed by atoms with Gasteiger partial charge in [-0.2, -0.15) is 0 Å². The van der Waals surface area contributed by atoms with Gasteiger partial charge >= 0.3 is 0 Å². The summed E-state index contributed by atoms with van der Waals surface area (Å²) in [4.78, 5) is 16.8. The number of carbonyl (C=O) groups excluding carboxylic acids is 1. The second-order valence-electron chi connectivity index (χ2n) is 5.95. The lowest BCUT2D eigenvalue weighted by Crippen LogP contribution is -2.22. The molecule has 1 atom stereocenters. The van der Waals surface area contributed by atoms with Gasteiger partial charge in [-0.3, -0.25) is 9.89 Å². The van der Waals surface area contributed by atoms with Crippen LogP contribution in [0.4, 0.5) is 5.69 Å². The maximum absolute atomic E-state index is 12.3. The van der Waals surface area contributed by atoms with Crippen LogP contribution in [-0.2, 0) is 4.79 Å². The molecule has 0 aliphatic carbocycles. The zero-order valence-corrected chi connectivity index (χ0v) is 15.2. The molecular formula is C19H20N4OS. The van der Waals surface area contributed by atoms with Gasteiger partial charge in [0.1, 0.15) is 0 Å². The molecule has 2 N–H and O–H groups in total. The minimum Gasteiger partial charge on any atom is -0.325 e. The zero-order valence-electron chi connectivity index (χ0n) is 14.4. The SMILES string of the molecule is Cc1ccc(NC(=O)[C@H](C)Sc2n[nH]c(-c3ccc(C)cc3)n2)cc1. The van der Waals surface area contributed by atoms with Gasteiger partial charge in [-0.25, -0.2) is 4.98 Å². The van der Waals surface area contributed by atoms with Gasteiger partial charge < -0.3 is 5.32 Å². The molecule has 1 heterocycles. The number of hydrogen-bond acceptors (Lipinski definition) is 4. The number of anilines is 1. The molecule has 0 aliphatic rings. The Morgan fingerprint density at radius 1 is 1.04 bits per heavy atom. The summed E-state index contributed by atoms with van der Waals surface area (Å²) in [7, 11) is 0. The van der Waals surface area contributed by atoms with Crippen molar-refractivity contribution < 1.29 is 4.79 Å². The minimum absolute atomic E-state index is 0.0736. The average Bonchev–Trinajstić information content (AvgIpc) is 3.06. The lowest BCUT2D eigenvalue weighted by atomic mass is 10.1. The molecule has 128 valence electrons. The Balaban J connectivity index is 1.62. The number of aromatic amines is 1. The molecule has 2 aromatic carbocycles. The van der Waals surface area contributed by atoms with Crippen molar-refractivity contribution in [1.29, 1.82) is 0 Å². The molecule has 0 aliphatic heterocycles. The van der Waals surface area contributed by atoms with Crippen molar-refractivity contribution in [3.8, 4) is 11.4 Å². The topological polar surface area (TPSA) is 70.7 Å². The molecule has 3 aromatic rings. The Labute approximate surface area is 151 Å². The summed E-state index contributed by atoms with van der Waals surface area (Å²) in [5, 5.41) is 10.3. The van der Waals surface area contributed by atoms with Gasteiger partial charge in [-0.05, 0) is 32.9 Å². The van der Waals surface area contributed by atoms with E-state index in [0.29, 0.717) is 11.0 Å². The van der Waals surface area contributed by atoms with Crippen molar-refractivity contribution in [2.45, 2.75) is 31.2 Å². The molecule has 25 heavy (non-hydrogen) atoms. The van der Waals surface area contributed by atoms with E-state index in [4.69, 9.17) is 0 Å². The third-order valence-electron chi connectivity index (χ3n) is 3.76. The smallest absolute Gasteiger partial charge is 0.237 e. The van der Waals surface area contributed by atoms with Crippen LogP contribution in [0, 0.1) is 13.8 Å². The van der Waals surface area contributed by atoms with Crippen LogP contribution in [0.1, 0.15) is 18.1 Å². The summed E-state index contributed by atoms with van der Waals surface area (Å²) >= 11 is 1.33. The van der Waals surface area contributed by atoms with E-state index >= 15 is 0 Å². The van der Waals surface area contributed by atoms with Gasteiger partial charge in [0, 0.05) is 11.3 Å². The van der Waals surface area contributed by atoms with Crippen molar-refractivity contribution in [2.75, 3.05) is 5.32 Å². The first-order valence-corrected chi connectivity index (χ1v) is 8.93. The van der Waals surface area contributed by atoms with Crippen molar-refractivity contribution in [2.24, 2.45) is 0 Å². The van der Waals surface area contributed by atoms with Gasteiger partial charge in [0.2, 0.25) is 11.1 Å². The van der Waals surface area contributed by atoms with Gasteiger partial charge in [0.15, 0.2) is 5.82 Å². The normalized spacial score (nSPS) is 12.0. The van der Waals surface area contributed by atoms with Crippen LogP contribution in [-0.4, -0.2) is 26.3 Å². The van der Waals surface area contributed by atoms with Gasteiger partial charge in [-0.1, -0.05) is 59.3 Å². The highest BCUT2D eigenvalue weighted by Crippen LogP contribution is 2.23. The molecule has 5 nitrogen and oxygen atoms in total. The Morgan fingerprint density at radius 2 is 1.64 bits per heavy atom. The predicted octanol–water partition coefficient (Wildman–Crippen LogP) is 4.21. The number of nitrogens with zero attached hydrogens (tertiary/aromatic N) is 2. The molecule has 0 spiro atoms. The standard InChI is InChI=1S/C19H20N4OS/c1-12-4-8-15(9-5-12)17-21-19(23-22-17)25-14(3)18(24)20-16-10-6-13(2)7-11-16/h4-11,14H,1-3H3,(H,20,24)(H,21,22,23)/t14-/m0/s1. The third kappa shape index (κ3) is 4.48. The maximum Gasteiger partial charge on any atom is 0.237 e. The summed E-state index contributed by atoms with van der Waals surface area (Å²) in [5.74, 6) is 0.629. The summed E-state index contributed by atoms with van der Waals surface area (Å²) in [5.41, 5.74) is 4.11. The molecule has 0 bridgehead atoms. The number of nitrogens with one attached hydrogen (secondary N) is 2. The lowest BCUT2D eigenvalue weighted by molar-refractivity contribution is -0.115. The van der Waals surface area contributed by atoms with E-state index in [1.807, 2.05) is 69.3 Å². The third-order valence-corrected chi connectivity index (χ3v) is 4.72. The highest BCUT2D eigenvalue weighted by molar-refractivity contribution is 8.00. The quantitative estimate of drug-likeness (QED) is 0.675. The van der Waals surface area contributed by atoms with Crippen molar-refractivity contribution in [3.05, 3.63) is 59.7 Å². The fourth-order valence-electron chi connectivity index (χ4n) is 2.23. The number of hydrogen-bond donors (Lipinski definition) is 2. The predicted molar refractivity (Wildman–Crippen MR) is 102 cm³/mol. The Bertz CT molecular complexity index is 856. The molecule has 0 fully saturated rings. The molecule has 6 heteroatoms. The number of H-pyrrole nitrogens is 1. The van der Waals surface area contributed by atoms with Crippen molar-refractivity contribution in [1.82, 2.24) is 15.2 Å². The first-order valence-electron chi connectivity index (χ1n) is 8.05. The monoisotopic (exact) mass is 352 g/mol. The Hall–Kier alpha value is -2.60. The molecule has 1 amide bonds. The number of aryl methyl sites for hydroxylation is 2. The molecule has 1 aromatic heterocycles. The van der Waals surface area contributed by atoms with Crippen LogP contribution < -0.4 is 5.32 Å². The number of carbonyl (C=O) groups is 1. The van der Waals surface area contributed by atoms with Crippen LogP contribution in [0.2, 0.25) is 0 Å². The van der Waals surface area contributed by atoms with Crippen molar-refractivity contribution >= 4 is 23.4 Å². The highest BCUT2D eigenvalue weighted by atomic mass is 32.2.